The highest BCUT2D eigenvalue weighted by Crippen LogP contribution is 2.43. The van der Waals surface area contributed by atoms with Gasteiger partial charge in [0.25, 0.3) is 0 Å². The lowest BCUT2D eigenvalue weighted by molar-refractivity contribution is -0.137. The van der Waals surface area contributed by atoms with Crippen LogP contribution in [0.3, 0.4) is 0 Å². The lowest BCUT2D eigenvalue weighted by atomic mass is 9.98. The van der Waals surface area contributed by atoms with E-state index in [4.69, 9.17) is 13.9 Å². The quantitative estimate of drug-likeness (QED) is 0.275. The molecule has 0 N–H and O–H groups in total. The Morgan fingerprint density at radius 3 is 1.97 bits per heavy atom. The van der Waals surface area contributed by atoms with Crippen LogP contribution in [-0.4, -0.2) is 20.4 Å². The van der Waals surface area contributed by atoms with Crippen LogP contribution in [0.5, 0.6) is 11.5 Å². The molecule has 4 rings (SSSR count). The number of rotatable bonds is 6. The van der Waals surface area contributed by atoms with Crippen LogP contribution >= 0.6 is 0 Å². The number of benzene rings is 3. The van der Waals surface area contributed by atoms with E-state index in [1.165, 1.54) is 18.2 Å². The van der Waals surface area contributed by atoms with Gasteiger partial charge in [0.1, 0.15) is 28.9 Å². The summed E-state index contributed by atoms with van der Waals surface area (Å²) in [6.07, 6.45) is -3.50. The van der Waals surface area contributed by atoms with E-state index in [1.807, 2.05) is 0 Å². The van der Waals surface area contributed by atoms with Crippen molar-refractivity contribution in [1.82, 2.24) is 0 Å². The molecule has 0 fully saturated rings. The third kappa shape index (κ3) is 4.89. The Morgan fingerprint density at radius 1 is 0.857 bits per heavy atom. The molecule has 5 nitrogen and oxygen atoms in total. The van der Waals surface area contributed by atoms with Crippen molar-refractivity contribution in [2.75, 3.05) is 14.2 Å². The second-order valence-corrected chi connectivity index (χ2v) is 7.40. The van der Waals surface area contributed by atoms with Crippen LogP contribution in [0.4, 0.5) is 19.1 Å². The number of halogens is 3. The van der Waals surface area contributed by atoms with Crippen LogP contribution in [-0.2, 0) is 6.18 Å². The van der Waals surface area contributed by atoms with Gasteiger partial charge in [-0.15, -0.1) is 0 Å². The van der Waals surface area contributed by atoms with Crippen molar-refractivity contribution in [2.24, 2.45) is 4.99 Å². The molecule has 0 aliphatic rings. The summed E-state index contributed by atoms with van der Waals surface area (Å²) in [5.74, 6) is 1.52. The Kier molecular flexibility index (Phi) is 6.60. The Hall–Kier alpha value is -4.51. The fourth-order valence-corrected chi connectivity index (χ4v) is 3.59. The number of hydrogen-bond acceptors (Lipinski definition) is 5. The molecule has 0 amide bonds. The Bertz CT molecular complexity index is 1400. The monoisotopic (exact) mass is 476 g/mol. The second-order valence-electron chi connectivity index (χ2n) is 7.40. The molecule has 176 valence electrons. The highest BCUT2D eigenvalue weighted by molar-refractivity contribution is 5.90. The molecule has 0 saturated carbocycles. The molecule has 0 bridgehead atoms. The smallest absolute Gasteiger partial charge is 0.417 e. The third-order valence-electron chi connectivity index (χ3n) is 5.32. The molecule has 3 aromatic carbocycles. The summed E-state index contributed by atoms with van der Waals surface area (Å²) in [6, 6.07) is 21.2. The summed E-state index contributed by atoms with van der Waals surface area (Å²) in [6.45, 7) is 0. The zero-order valence-corrected chi connectivity index (χ0v) is 18.8. The zero-order chi connectivity index (χ0) is 25.0. The van der Waals surface area contributed by atoms with Crippen LogP contribution in [0.25, 0.3) is 22.5 Å². The number of ether oxygens (including phenoxy) is 2. The molecule has 8 heteroatoms. The maximum Gasteiger partial charge on any atom is 0.417 e. The summed E-state index contributed by atoms with van der Waals surface area (Å²) in [4.78, 5) is 4.16. The second kappa shape index (κ2) is 9.77. The Morgan fingerprint density at radius 2 is 1.43 bits per heavy atom. The molecule has 0 radical (unpaired) electrons. The highest BCUT2D eigenvalue weighted by atomic mass is 19.4. The first-order chi connectivity index (χ1) is 16.9. The summed E-state index contributed by atoms with van der Waals surface area (Å²) >= 11 is 0. The van der Waals surface area contributed by atoms with Crippen LogP contribution in [0.15, 0.2) is 82.2 Å². The van der Waals surface area contributed by atoms with Crippen molar-refractivity contribution >= 4 is 12.1 Å². The molecule has 0 atom stereocenters. The van der Waals surface area contributed by atoms with Crippen molar-refractivity contribution in [2.45, 2.75) is 6.18 Å². The average molecular weight is 476 g/mol. The maximum atomic E-state index is 13.4. The number of nitrogens with zero attached hydrogens (tertiary/aromatic N) is 2. The SMILES string of the molecule is COc1ccc(-c2oc(N=Cc3ccccc3C(F)(F)F)c(C#N)c2-c2ccc(OC)cc2)cc1. The van der Waals surface area contributed by atoms with Crippen LogP contribution in [0.2, 0.25) is 0 Å². The maximum absolute atomic E-state index is 13.4. The van der Waals surface area contributed by atoms with E-state index in [-0.39, 0.29) is 17.0 Å². The number of furan rings is 1. The predicted octanol–water partition coefficient (Wildman–Crippen LogP) is 7.27. The van der Waals surface area contributed by atoms with E-state index < -0.39 is 11.7 Å². The van der Waals surface area contributed by atoms with Gasteiger partial charge in [0.2, 0.25) is 5.88 Å². The minimum absolute atomic E-state index is 0.0962. The number of alkyl halides is 3. The Balaban J connectivity index is 1.88. The average Bonchev–Trinajstić information content (AvgIpc) is 3.25. The van der Waals surface area contributed by atoms with E-state index in [0.717, 1.165) is 12.3 Å². The van der Waals surface area contributed by atoms with E-state index in [1.54, 1.807) is 62.8 Å². The summed E-state index contributed by atoms with van der Waals surface area (Å²) in [7, 11) is 3.09. The van der Waals surface area contributed by atoms with Gasteiger partial charge in [-0.1, -0.05) is 30.3 Å². The molecule has 0 spiro atoms. The molecule has 0 unspecified atom stereocenters. The highest BCUT2D eigenvalue weighted by Gasteiger charge is 2.32. The first-order valence-corrected chi connectivity index (χ1v) is 10.4. The molecule has 0 aliphatic carbocycles. The number of nitriles is 1. The molecule has 0 aliphatic heterocycles. The largest absolute Gasteiger partial charge is 0.497 e. The van der Waals surface area contributed by atoms with Gasteiger partial charge in [-0.2, -0.15) is 18.4 Å². The van der Waals surface area contributed by atoms with Crippen molar-refractivity contribution in [3.63, 3.8) is 0 Å². The third-order valence-corrected chi connectivity index (χ3v) is 5.32. The molecule has 0 saturated heterocycles. The molecular formula is C27H19F3N2O3. The van der Waals surface area contributed by atoms with Gasteiger partial charge in [0.05, 0.1) is 19.8 Å². The minimum Gasteiger partial charge on any atom is -0.497 e. The Labute approximate surface area is 199 Å². The van der Waals surface area contributed by atoms with Crippen molar-refractivity contribution < 1.29 is 27.1 Å². The van der Waals surface area contributed by atoms with E-state index in [0.29, 0.717) is 33.9 Å². The predicted molar refractivity (Wildman–Crippen MR) is 126 cm³/mol. The van der Waals surface area contributed by atoms with Gasteiger partial charge in [-0.25, -0.2) is 4.99 Å². The molecule has 35 heavy (non-hydrogen) atoms. The van der Waals surface area contributed by atoms with Crippen molar-refractivity contribution in [3.8, 4) is 40.0 Å². The normalized spacial score (nSPS) is 11.4. The van der Waals surface area contributed by atoms with Gasteiger partial charge in [-0.3, -0.25) is 0 Å². The van der Waals surface area contributed by atoms with E-state index in [2.05, 4.69) is 11.1 Å². The number of methoxy groups -OCH3 is 2. The first-order valence-electron chi connectivity index (χ1n) is 10.4. The van der Waals surface area contributed by atoms with Crippen LogP contribution in [0.1, 0.15) is 16.7 Å². The first kappa shape index (κ1) is 23.6. The van der Waals surface area contributed by atoms with Gasteiger partial charge < -0.3 is 13.9 Å². The summed E-state index contributed by atoms with van der Waals surface area (Å²) in [5.41, 5.74) is 0.898. The number of aliphatic imine (C=N–C) groups is 1. The fourth-order valence-electron chi connectivity index (χ4n) is 3.59. The van der Waals surface area contributed by atoms with Gasteiger partial charge >= 0.3 is 6.18 Å². The van der Waals surface area contributed by atoms with Gasteiger partial charge in [-0.05, 0) is 48.0 Å². The fraction of sp³-hybridized carbons (Fsp3) is 0.111. The molecular weight excluding hydrogens is 457 g/mol. The van der Waals surface area contributed by atoms with Gasteiger partial charge in [0, 0.05) is 22.9 Å². The van der Waals surface area contributed by atoms with Crippen LogP contribution in [0, 0.1) is 11.3 Å². The summed E-state index contributed by atoms with van der Waals surface area (Å²) < 4.78 is 56.6. The standard InChI is InChI=1S/C27H19F3N2O3/c1-33-20-11-7-17(8-12-20)24-22(15-31)26(35-25(24)18-9-13-21(34-2)14-10-18)32-16-19-5-3-4-6-23(19)27(28,29)30/h3-14,16H,1-2H3. The zero-order valence-electron chi connectivity index (χ0n) is 18.8. The number of hydrogen-bond donors (Lipinski definition) is 0. The molecule has 1 aromatic heterocycles. The minimum atomic E-state index is -4.55. The lowest BCUT2D eigenvalue weighted by Crippen LogP contribution is -2.08. The van der Waals surface area contributed by atoms with Gasteiger partial charge in [0.15, 0.2) is 0 Å². The summed E-state index contributed by atoms with van der Waals surface area (Å²) in [5, 5.41) is 9.98. The van der Waals surface area contributed by atoms with Crippen molar-refractivity contribution in [3.05, 3.63) is 89.5 Å². The van der Waals surface area contributed by atoms with E-state index >= 15 is 0 Å². The van der Waals surface area contributed by atoms with Crippen molar-refractivity contribution in [1.29, 1.82) is 5.26 Å². The van der Waals surface area contributed by atoms with E-state index in [9.17, 15) is 18.4 Å². The topological polar surface area (TPSA) is 67.8 Å². The lowest BCUT2D eigenvalue weighted by Gasteiger charge is -2.08. The molecule has 1 heterocycles. The van der Waals surface area contributed by atoms with Crippen LogP contribution < -0.4 is 9.47 Å². The molecule has 4 aromatic rings.